The molecule has 1 amide bonds. The van der Waals surface area contributed by atoms with Crippen LogP contribution in [0.2, 0.25) is 0 Å². The molecule has 1 saturated heterocycles. The van der Waals surface area contributed by atoms with Gasteiger partial charge in [0.1, 0.15) is 4.60 Å². The number of nitrogens with zero attached hydrogens (tertiary/aromatic N) is 2. The summed E-state index contributed by atoms with van der Waals surface area (Å²) in [5, 5.41) is 2.94. The zero-order valence-electron chi connectivity index (χ0n) is 10.1. The first-order valence-electron chi connectivity index (χ1n) is 5.95. The maximum absolute atomic E-state index is 11.9. The number of hydrogen-bond donors (Lipinski definition) is 1. The average Bonchev–Trinajstić information content (AvgIpc) is 2.40. The number of thioether (sulfide) groups is 1. The Morgan fingerprint density at radius 3 is 3.00 bits per heavy atom. The zero-order chi connectivity index (χ0) is 12.8. The number of amides is 1. The molecular weight excluding hydrogens is 314 g/mol. The third-order valence-electron chi connectivity index (χ3n) is 2.81. The smallest absolute Gasteiger partial charge is 0.251 e. The standard InChI is InChI=1S/C12H16BrN3OS/c13-11-9-10(1-2-14-11)12(17)15-3-4-16-5-7-18-8-6-16/h1-2,9H,3-8H2,(H,15,17). The Kier molecular flexibility index (Phi) is 5.46. The van der Waals surface area contributed by atoms with E-state index in [-0.39, 0.29) is 5.91 Å². The molecule has 98 valence electrons. The minimum absolute atomic E-state index is 0.0375. The van der Waals surface area contributed by atoms with Crippen LogP contribution in [0.25, 0.3) is 0 Å². The Hall–Kier alpha value is -0.590. The Labute approximate surface area is 120 Å². The van der Waals surface area contributed by atoms with Gasteiger partial charge in [-0.3, -0.25) is 9.69 Å². The summed E-state index contributed by atoms with van der Waals surface area (Å²) in [6.45, 7) is 3.88. The molecule has 1 aromatic rings. The van der Waals surface area contributed by atoms with Crippen molar-refractivity contribution in [1.29, 1.82) is 0 Å². The fraction of sp³-hybridized carbons (Fsp3) is 0.500. The molecule has 0 unspecified atom stereocenters. The topological polar surface area (TPSA) is 45.2 Å². The number of pyridine rings is 1. The van der Waals surface area contributed by atoms with Crippen molar-refractivity contribution in [2.24, 2.45) is 0 Å². The van der Waals surface area contributed by atoms with Crippen molar-refractivity contribution >= 4 is 33.6 Å². The largest absolute Gasteiger partial charge is 0.351 e. The summed E-state index contributed by atoms with van der Waals surface area (Å²) in [5.41, 5.74) is 0.645. The number of carbonyl (C=O) groups is 1. The van der Waals surface area contributed by atoms with E-state index >= 15 is 0 Å². The van der Waals surface area contributed by atoms with Crippen LogP contribution in [0.4, 0.5) is 0 Å². The van der Waals surface area contributed by atoms with Crippen LogP contribution in [0.5, 0.6) is 0 Å². The Balaban J connectivity index is 1.74. The summed E-state index contributed by atoms with van der Waals surface area (Å²) in [4.78, 5) is 18.2. The van der Waals surface area contributed by atoms with Crippen molar-refractivity contribution in [3.63, 3.8) is 0 Å². The SMILES string of the molecule is O=C(NCCN1CCSCC1)c1ccnc(Br)c1. The van der Waals surface area contributed by atoms with Gasteiger partial charge < -0.3 is 5.32 Å². The van der Waals surface area contributed by atoms with E-state index in [4.69, 9.17) is 0 Å². The van der Waals surface area contributed by atoms with Gasteiger partial charge >= 0.3 is 0 Å². The zero-order valence-corrected chi connectivity index (χ0v) is 12.5. The van der Waals surface area contributed by atoms with Gasteiger partial charge in [-0.25, -0.2) is 4.98 Å². The van der Waals surface area contributed by atoms with Gasteiger partial charge in [0.25, 0.3) is 5.91 Å². The highest BCUT2D eigenvalue weighted by molar-refractivity contribution is 9.10. The summed E-state index contributed by atoms with van der Waals surface area (Å²) in [7, 11) is 0. The molecule has 1 aromatic heterocycles. The van der Waals surface area contributed by atoms with E-state index in [2.05, 4.69) is 31.1 Å². The Morgan fingerprint density at radius 1 is 1.50 bits per heavy atom. The normalized spacial score (nSPS) is 16.5. The summed E-state index contributed by atoms with van der Waals surface area (Å²) in [6.07, 6.45) is 1.63. The molecular formula is C12H16BrN3OS. The Morgan fingerprint density at radius 2 is 2.28 bits per heavy atom. The van der Waals surface area contributed by atoms with Crippen LogP contribution in [0.3, 0.4) is 0 Å². The Bertz CT molecular complexity index is 410. The van der Waals surface area contributed by atoms with Gasteiger partial charge in [-0.15, -0.1) is 0 Å². The molecule has 2 rings (SSSR count). The van der Waals surface area contributed by atoms with Gasteiger partial charge in [-0.05, 0) is 28.1 Å². The maximum Gasteiger partial charge on any atom is 0.251 e. The molecule has 0 bridgehead atoms. The molecule has 0 aliphatic carbocycles. The second kappa shape index (κ2) is 7.11. The molecule has 4 nitrogen and oxygen atoms in total. The first-order valence-corrected chi connectivity index (χ1v) is 7.90. The van der Waals surface area contributed by atoms with Crippen LogP contribution in [-0.2, 0) is 0 Å². The number of aromatic nitrogens is 1. The second-order valence-corrected chi connectivity index (χ2v) is 6.11. The van der Waals surface area contributed by atoms with E-state index in [0.717, 1.165) is 19.6 Å². The average molecular weight is 330 g/mol. The van der Waals surface area contributed by atoms with Gasteiger partial charge in [0.15, 0.2) is 0 Å². The molecule has 1 aliphatic rings. The van der Waals surface area contributed by atoms with E-state index < -0.39 is 0 Å². The molecule has 1 fully saturated rings. The fourth-order valence-electron chi connectivity index (χ4n) is 1.80. The maximum atomic E-state index is 11.9. The molecule has 0 radical (unpaired) electrons. The molecule has 0 atom stereocenters. The molecule has 18 heavy (non-hydrogen) atoms. The van der Waals surface area contributed by atoms with Gasteiger partial charge in [0.2, 0.25) is 0 Å². The minimum Gasteiger partial charge on any atom is -0.351 e. The minimum atomic E-state index is -0.0375. The highest BCUT2D eigenvalue weighted by Crippen LogP contribution is 2.09. The summed E-state index contributed by atoms with van der Waals surface area (Å²) in [5.74, 6) is 2.36. The van der Waals surface area contributed by atoms with E-state index in [1.807, 2.05) is 11.8 Å². The molecule has 0 aromatic carbocycles. The van der Waals surface area contributed by atoms with Gasteiger partial charge in [0, 0.05) is 49.4 Å². The molecule has 0 saturated carbocycles. The predicted octanol–water partition coefficient (Wildman–Crippen LogP) is 1.62. The van der Waals surface area contributed by atoms with Gasteiger partial charge in [-0.1, -0.05) is 0 Å². The van der Waals surface area contributed by atoms with Crippen LogP contribution in [0, 0.1) is 0 Å². The van der Waals surface area contributed by atoms with Crippen molar-refractivity contribution in [1.82, 2.24) is 15.2 Å². The fourth-order valence-corrected chi connectivity index (χ4v) is 3.14. The quantitative estimate of drug-likeness (QED) is 0.853. The van der Waals surface area contributed by atoms with Crippen molar-refractivity contribution in [2.75, 3.05) is 37.7 Å². The third kappa shape index (κ3) is 4.26. The van der Waals surface area contributed by atoms with E-state index in [1.165, 1.54) is 11.5 Å². The van der Waals surface area contributed by atoms with Crippen molar-refractivity contribution in [3.05, 3.63) is 28.5 Å². The first-order chi connectivity index (χ1) is 8.75. The lowest BCUT2D eigenvalue weighted by Gasteiger charge is -2.25. The highest BCUT2D eigenvalue weighted by atomic mass is 79.9. The van der Waals surface area contributed by atoms with E-state index in [1.54, 1.807) is 18.3 Å². The molecule has 2 heterocycles. The number of rotatable bonds is 4. The number of halogens is 1. The molecule has 1 N–H and O–H groups in total. The second-order valence-electron chi connectivity index (χ2n) is 4.08. The summed E-state index contributed by atoms with van der Waals surface area (Å²) >= 11 is 5.26. The van der Waals surface area contributed by atoms with Gasteiger partial charge in [0.05, 0.1) is 0 Å². The third-order valence-corrected chi connectivity index (χ3v) is 4.18. The lowest BCUT2D eigenvalue weighted by molar-refractivity contribution is 0.0948. The molecule has 1 aliphatic heterocycles. The van der Waals surface area contributed by atoms with Crippen molar-refractivity contribution in [3.8, 4) is 0 Å². The van der Waals surface area contributed by atoms with Crippen LogP contribution >= 0.6 is 27.7 Å². The predicted molar refractivity (Wildman–Crippen MR) is 78.0 cm³/mol. The molecule has 0 spiro atoms. The lowest BCUT2D eigenvalue weighted by Crippen LogP contribution is -2.39. The van der Waals surface area contributed by atoms with E-state index in [0.29, 0.717) is 16.7 Å². The summed E-state index contributed by atoms with van der Waals surface area (Å²) in [6, 6.07) is 3.45. The van der Waals surface area contributed by atoms with Crippen molar-refractivity contribution < 1.29 is 4.79 Å². The van der Waals surface area contributed by atoms with Crippen LogP contribution in [0.1, 0.15) is 10.4 Å². The number of nitrogens with one attached hydrogen (secondary N) is 1. The summed E-state index contributed by atoms with van der Waals surface area (Å²) < 4.78 is 0.684. The number of carbonyl (C=O) groups excluding carboxylic acids is 1. The monoisotopic (exact) mass is 329 g/mol. The van der Waals surface area contributed by atoms with Gasteiger partial charge in [-0.2, -0.15) is 11.8 Å². The van der Waals surface area contributed by atoms with Crippen molar-refractivity contribution in [2.45, 2.75) is 0 Å². The highest BCUT2D eigenvalue weighted by Gasteiger charge is 2.11. The molecule has 6 heteroatoms. The van der Waals surface area contributed by atoms with Crippen LogP contribution in [0.15, 0.2) is 22.9 Å². The van der Waals surface area contributed by atoms with E-state index in [9.17, 15) is 4.79 Å². The number of hydrogen-bond acceptors (Lipinski definition) is 4. The van der Waals surface area contributed by atoms with Crippen LogP contribution in [-0.4, -0.2) is 53.5 Å². The lowest BCUT2D eigenvalue weighted by atomic mass is 10.2. The van der Waals surface area contributed by atoms with Crippen LogP contribution < -0.4 is 5.32 Å². The first kappa shape index (κ1) is 13.8.